The van der Waals surface area contributed by atoms with Gasteiger partial charge in [-0.3, -0.25) is 14.5 Å². The quantitative estimate of drug-likeness (QED) is 0.723. The number of rotatable bonds is 5. The molecule has 1 fully saturated rings. The number of imide groups is 1. The summed E-state index contributed by atoms with van der Waals surface area (Å²) in [7, 11) is 1.54. The van der Waals surface area contributed by atoms with Crippen LogP contribution >= 0.6 is 23.2 Å². The number of carbonyl (C=O) groups excluding carboxylic acids is 3. The smallest absolute Gasteiger partial charge is 0.325 e. The van der Waals surface area contributed by atoms with Gasteiger partial charge >= 0.3 is 6.03 Å². The van der Waals surface area contributed by atoms with Gasteiger partial charge in [-0.15, -0.1) is 0 Å². The number of methoxy groups -OCH3 is 1. The summed E-state index contributed by atoms with van der Waals surface area (Å²) in [6, 6.07) is 10.7. The summed E-state index contributed by atoms with van der Waals surface area (Å²) in [6.45, 7) is 1.16. The summed E-state index contributed by atoms with van der Waals surface area (Å²) in [5, 5.41) is 5.87. The van der Waals surface area contributed by atoms with Crippen molar-refractivity contribution < 1.29 is 19.1 Å². The monoisotopic (exact) mass is 421 g/mol. The van der Waals surface area contributed by atoms with Crippen LogP contribution in [0.15, 0.2) is 42.5 Å². The number of hydrogen-bond donors (Lipinski definition) is 2. The fourth-order valence-electron chi connectivity index (χ4n) is 2.88. The minimum absolute atomic E-state index is 0.279. The van der Waals surface area contributed by atoms with Gasteiger partial charge in [0.1, 0.15) is 17.8 Å². The van der Waals surface area contributed by atoms with E-state index >= 15 is 0 Å². The number of carbonyl (C=O) groups is 3. The SMILES string of the molecule is COc1ccc([C@@]2(C)NC(=O)N(CC(=O)Nc3ccc(Cl)c(Cl)c3)C2=O)cc1. The molecule has 0 aromatic heterocycles. The molecule has 1 aliphatic rings. The van der Waals surface area contributed by atoms with E-state index in [1.165, 1.54) is 19.2 Å². The fraction of sp³-hybridized carbons (Fsp3) is 0.211. The summed E-state index contributed by atoms with van der Waals surface area (Å²) in [6.07, 6.45) is 0. The molecule has 1 aliphatic heterocycles. The molecule has 2 aromatic rings. The van der Waals surface area contributed by atoms with Crippen molar-refractivity contribution in [1.82, 2.24) is 10.2 Å². The highest BCUT2D eigenvalue weighted by Crippen LogP contribution is 2.30. The van der Waals surface area contributed by atoms with E-state index in [1.807, 2.05) is 0 Å². The van der Waals surface area contributed by atoms with Gasteiger partial charge in [-0.05, 0) is 42.8 Å². The van der Waals surface area contributed by atoms with Gasteiger partial charge in [-0.25, -0.2) is 4.79 Å². The van der Waals surface area contributed by atoms with E-state index in [0.717, 1.165) is 4.90 Å². The van der Waals surface area contributed by atoms with Crippen LogP contribution in [0.3, 0.4) is 0 Å². The Bertz CT molecular complexity index is 949. The fourth-order valence-corrected chi connectivity index (χ4v) is 3.18. The Balaban J connectivity index is 1.73. The second kappa shape index (κ2) is 7.69. The van der Waals surface area contributed by atoms with E-state index in [4.69, 9.17) is 27.9 Å². The third kappa shape index (κ3) is 3.76. The average Bonchev–Trinajstić information content (AvgIpc) is 2.89. The molecule has 1 atom stereocenters. The maximum atomic E-state index is 12.9. The van der Waals surface area contributed by atoms with Gasteiger partial charge in [0.2, 0.25) is 5.91 Å². The van der Waals surface area contributed by atoms with Crippen molar-refractivity contribution >= 4 is 46.7 Å². The zero-order chi connectivity index (χ0) is 20.5. The molecule has 28 heavy (non-hydrogen) atoms. The lowest BCUT2D eigenvalue weighted by molar-refractivity contribution is -0.133. The maximum Gasteiger partial charge on any atom is 0.325 e. The highest BCUT2D eigenvalue weighted by Gasteiger charge is 2.49. The van der Waals surface area contributed by atoms with Crippen molar-refractivity contribution in [1.29, 1.82) is 0 Å². The topological polar surface area (TPSA) is 87.7 Å². The Labute approximate surface area is 171 Å². The molecule has 1 heterocycles. The molecular weight excluding hydrogens is 405 g/mol. The van der Waals surface area contributed by atoms with Crippen molar-refractivity contribution in [3.8, 4) is 5.75 Å². The lowest BCUT2D eigenvalue weighted by atomic mass is 9.92. The molecule has 2 N–H and O–H groups in total. The largest absolute Gasteiger partial charge is 0.497 e. The molecule has 0 bridgehead atoms. The average molecular weight is 422 g/mol. The Hall–Kier alpha value is -2.77. The third-order valence-electron chi connectivity index (χ3n) is 4.45. The number of urea groups is 1. The Morgan fingerprint density at radius 1 is 1.14 bits per heavy atom. The summed E-state index contributed by atoms with van der Waals surface area (Å²) in [4.78, 5) is 38.4. The first-order valence-corrected chi connectivity index (χ1v) is 9.04. The number of halogens is 2. The minimum atomic E-state index is -1.27. The van der Waals surface area contributed by atoms with Crippen LogP contribution in [0.5, 0.6) is 5.75 Å². The molecule has 0 saturated carbocycles. The van der Waals surface area contributed by atoms with Gasteiger partial charge < -0.3 is 15.4 Å². The molecule has 0 spiro atoms. The van der Waals surface area contributed by atoms with E-state index in [2.05, 4.69) is 10.6 Å². The van der Waals surface area contributed by atoms with Crippen LogP contribution in [-0.4, -0.2) is 36.4 Å². The zero-order valence-corrected chi connectivity index (χ0v) is 16.6. The molecular formula is C19H17Cl2N3O4. The molecule has 0 unspecified atom stereocenters. The predicted molar refractivity (Wildman–Crippen MR) is 106 cm³/mol. The lowest BCUT2D eigenvalue weighted by Gasteiger charge is -2.22. The number of amides is 4. The van der Waals surface area contributed by atoms with E-state index in [0.29, 0.717) is 22.0 Å². The van der Waals surface area contributed by atoms with Crippen LogP contribution < -0.4 is 15.4 Å². The Morgan fingerprint density at radius 3 is 2.43 bits per heavy atom. The van der Waals surface area contributed by atoms with E-state index in [-0.39, 0.29) is 5.02 Å². The van der Waals surface area contributed by atoms with Crippen LogP contribution in [0.25, 0.3) is 0 Å². The van der Waals surface area contributed by atoms with Gasteiger partial charge in [0.25, 0.3) is 5.91 Å². The Kier molecular flexibility index (Phi) is 5.49. The zero-order valence-electron chi connectivity index (χ0n) is 15.1. The maximum absolute atomic E-state index is 12.9. The standard InChI is InChI=1S/C19H17Cl2N3O4/c1-19(11-3-6-13(28-2)7-4-11)17(26)24(18(27)23-19)10-16(25)22-12-5-8-14(20)15(21)9-12/h3-9H,10H2,1-2H3,(H,22,25)(H,23,27)/t19-/m1/s1. The van der Waals surface area contributed by atoms with E-state index in [9.17, 15) is 14.4 Å². The molecule has 0 aliphatic carbocycles. The summed E-state index contributed by atoms with van der Waals surface area (Å²) < 4.78 is 5.11. The van der Waals surface area contributed by atoms with Crippen molar-refractivity contribution in [2.75, 3.05) is 19.0 Å². The summed E-state index contributed by atoms with van der Waals surface area (Å²) >= 11 is 11.8. The number of ether oxygens (including phenoxy) is 1. The van der Waals surface area contributed by atoms with Crippen LogP contribution in [0.1, 0.15) is 12.5 Å². The highest BCUT2D eigenvalue weighted by atomic mass is 35.5. The first-order valence-electron chi connectivity index (χ1n) is 8.28. The van der Waals surface area contributed by atoms with Crippen molar-refractivity contribution in [3.63, 3.8) is 0 Å². The second-order valence-electron chi connectivity index (χ2n) is 6.35. The second-order valence-corrected chi connectivity index (χ2v) is 7.17. The number of anilines is 1. The van der Waals surface area contributed by atoms with E-state index in [1.54, 1.807) is 37.3 Å². The number of benzene rings is 2. The van der Waals surface area contributed by atoms with Gasteiger partial charge in [-0.1, -0.05) is 35.3 Å². The number of nitrogens with zero attached hydrogens (tertiary/aromatic N) is 1. The molecule has 4 amide bonds. The third-order valence-corrected chi connectivity index (χ3v) is 5.19. The van der Waals surface area contributed by atoms with Gasteiger partial charge in [0.15, 0.2) is 0 Å². The molecule has 146 valence electrons. The number of nitrogens with one attached hydrogen (secondary N) is 2. The van der Waals surface area contributed by atoms with Crippen molar-refractivity contribution in [3.05, 3.63) is 58.1 Å². The van der Waals surface area contributed by atoms with E-state index < -0.39 is 29.9 Å². The van der Waals surface area contributed by atoms with Gasteiger partial charge in [0.05, 0.1) is 17.2 Å². The van der Waals surface area contributed by atoms with Crippen molar-refractivity contribution in [2.24, 2.45) is 0 Å². The first-order chi connectivity index (χ1) is 13.2. The first kappa shape index (κ1) is 20.0. The minimum Gasteiger partial charge on any atom is -0.497 e. The van der Waals surface area contributed by atoms with Crippen molar-refractivity contribution in [2.45, 2.75) is 12.5 Å². The van der Waals surface area contributed by atoms with Crippen LogP contribution in [-0.2, 0) is 15.1 Å². The molecule has 3 rings (SSSR count). The van der Waals surface area contributed by atoms with Crippen LogP contribution in [0.2, 0.25) is 10.0 Å². The number of hydrogen-bond acceptors (Lipinski definition) is 4. The predicted octanol–water partition coefficient (Wildman–Crippen LogP) is 3.41. The molecule has 1 saturated heterocycles. The van der Waals surface area contributed by atoms with Crippen LogP contribution in [0, 0.1) is 0 Å². The highest BCUT2D eigenvalue weighted by molar-refractivity contribution is 6.42. The van der Waals surface area contributed by atoms with Gasteiger partial charge in [0, 0.05) is 5.69 Å². The molecule has 9 heteroatoms. The van der Waals surface area contributed by atoms with Crippen LogP contribution in [0.4, 0.5) is 10.5 Å². The normalized spacial score (nSPS) is 18.8. The lowest BCUT2D eigenvalue weighted by Crippen LogP contribution is -2.42. The molecule has 0 radical (unpaired) electrons. The Morgan fingerprint density at radius 2 is 1.82 bits per heavy atom. The summed E-state index contributed by atoms with van der Waals surface area (Å²) in [5.41, 5.74) is -0.281. The molecule has 7 nitrogen and oxygen atoms in total. The molecule has 2 aromatic carbocycles. The van der Waals surface area contributed by atoms with Gasteiger partial charge in [-0.2, -0.15) is 0 Å². The summed E-state index contributed by atoms with van der Waals surface area (Å²) in [5.74, 6) is -0.435.